The molecule has 1 aromatic heterocycles. The summed E-state index contributed by atoms with van der Waals surface area (Å²) in [4.78, 5) is 19.3. The Morgan fingerprint density at radius 3 is 2.57 bits per heavy atom. The monoisotopic (exact) mass is 313 g/mol. The Labute approximate surface area is 139 Å². The lowest BCUT2D eigenvalue weighted by atomic mass is 10.1. The molecule has 2 fully saturated rings. The SMILES string of the molecule is CC(C)=C[C@@H]1[C@@H](C(=O)Nc2ccc(N3CCCC3)nc2)C1(C)C. The fourth-order valence-corrected chi connectivity index (χ4v) is 3.66. The number of hydrogen-bond acceptors (Lipinski definition) is 3. The third kappa shape index (κ3) is 3.26. The van der Waals surface area contributed by atoms with Gasteiger partial charge in [-0.25, -0.2) is 4.98 Å². The average Bonchev–Trinajstić information content (AvgIpc) is 2.88. The van der Waals surface area contributed by atoms with Crippen LogP contribution in [0.1, 0.15) is 40.5 Å². The summed E-state index contributed by atoms with van der Waals surface area (Å²) in [7, 11) is 0. The molecule has 2 heterocycles. The van der Waals surface area contributed by atoms with E-state index in [0.717, 1.165) is 24.6 Å². The first-order chi connectivity index (χ1) is 10.9. The molecule has 0 aromatic carbocycles. The van der Waals surface area contributed by atoms with E-state index in [0.29, 0.717) is 5.92 Å². The molecule has 0 bridgehead atoms. The largest absolute Gasteiger partial charge is 0.357 e. The normalized spacial score (nSPS) is 25.1. The van der Waals surface area contributed by atoms with Gasteiger partial charge < -0.3 is 10.2 Å². The molecule has 1 saturated carbocycles. The van der Waals surface area contributed by atoms with Crippen molar-refractivity contribution in [3.63, 3.8) is 0 Å². The van der Waals surface area contributed by atoms with E-state index in [-0.39, 0.29) is 17.2 Å². The van der Waals surface area contributed by atoms with E-state index in [1.807, 2.05) is 12.1 Å². The summed E-state index contributed by atoms with van der Waals surface area (Å²) in [5.74, 6) is 1.50. The molecule has 2 atom stereocenters. The summed E-state index contributed by atoms with van der Waals surface area (Å²) >= 11 is 0. The number of nitrogens with zero attached hydrogens (tertiary/aromatic N) is 2. The first kappa shape index (κ1) is 16.0. The van der Waals surface area contributed by atoms with Crippen LogP contribution >= 0.6 is 0 Å². The standard InChI is InChI=1S/C19H27N3O/c1-13(2)11-15-17(19(15,3)4)18(23)21-14-7-8-16(20-12-14)22-9-5-6-10-22/h7-8,11-12,15,17H,5-6,9-10H2,1-4H3,(H,21,23)/t15-,17+/m1/s1. The molecule has 1 aromatic rings. The van der Waals surface area contributed by atoms with Crippen molar-refractivity contribution >= 4 is 17.4 Å². The van der Waals surface area contributed by atoms with Crippen LogP contribution in [-0.4, -0.2) is 24.0 Å². The lowest BCUT2D eigenvalue weighted by Crippen LogP contribution is -2.20. The molecular formula is C19H27N3O. The summed E-state index contributed by atoms with van der Waals surface area (Å²) in [6, 6.07) is 3.97. The maximum Gasteiger partial charge on any atom is 0.228 e. The number of hydrogen-bond donors (Lipinski definition) is 1. The number of pyridine rings is 1. The Kier molecular flexibility index (Phi) is 4.17. The molecule has 1 amide bonds. The van der Waals surface area contributed by atoms with Gasteiger partial charge in [0.2, 0.25) is 5.91 Å². The highest BCUT2D eigenvalue weighted by Gasteiger charge is 2.60. The summed E-state index contributed by atoms with van der Waals surface area (Å²) in [5.41, 5.74) is 2.11. The molecule has 23 heavy (non-hydrogen) atoms. The van der Waals surface area contributed by atoms with Crippen LogP contribution in [-0.2, 0) is 4.79 Å². The van der Waals surface area contributed by atoms with Crippen molar-refractivity contribution in [2.24, 2.45) is 17.3 Å². The summed E-state index contributed by atoms with van der Waals surface area (Å²) in [6.45, 7) is 10.7. The van der Waals surface area contributed by atoms with Crippen molar-refractivity contribution in [1.82, 2.24) is 4.98 Å². The smallest absolute Gasteiger partial charge is 0.228 e. The molecule has 0 unspecified atom stereocenters. The summed E-state index contributed by atoms with van der Waals surface area (Å²) in [5, 5.41) is 3.03. The molecule has 1 saturated heterocycles. The number of rotatable bonds is 4. The van der Waals surface area contributed by atoms with Gasteiger partial charge in [-0.15, -0.1) is 0 Å². The molecule has 4 nitrogen and oxygen atoms in total. The van der Waals surface area contributed by atoms with Crippen LogP contribution in [0.4, 0.5) is 11.5 Å². The molecule has 0 radical (unpaired) electrons. The predicted molar refractivity (Wildman–Crippen MR) is 94.5 cm³/mol. The molecule has 2 aliphatic rings. The third-order valence-electron chi connectivity index (χ3n) is 5.15. The van der Waals surface area contributed by atoms with E-state index in [4.69, 9.17) is 0 Å². The van der Waals surface area contributed by atoms with Crippen molar-refractivity contribution in [3.8, 4) is 0 Å². The van der Waals surface area contributed by atoms with Crippen molar-refractivity contribution < 1.29 is 4.79 Å². The van der Waals surface area contributed by atoms with Gasteiger partial charge in [-0.2, -0.15) is 0 Å². The minimum Gasteiger partial charge on any atom is -0.357 e. The van der Waals surface area contributed by atoms with Gasteiger partial charge in [-0.05, 0) is 50.2 Å². The Hall–Kier alpha value is -1.84. The van der Waals surface area contributed by atoms with Crippen LogP contribution in [0.25, 0.3) is 0 Å². The molecule has 4 heteroatoms. The second-order valence-electron chi connectivity index (χ2n) is 7.66. The van der Waals surface area contributed by atoms with Gasteiger partial charge in [0.1, 0.15) is 5.82 Å². The number of aromatic nitrogens is 1. The van der Waals surface area contributed by atoms with E-state index in [1.165, 1.54) is 18.4 Å². The van der Waals surface area contributed by atoms with Crippen molar-refractivity contribution in [2.75, 3.05) is 23.3 Å². The highest BCUT2D eigenvalue weighted by atomic mass is 16.2. The van der Waals surface area contributed by atoms with Gasteiger partial charge >= 0.3 is 0 Å². The van der Waals surface area contributed by atoms with Gasteiger partial charge in [-0.3, -0.25) is 4.79 Å². The molecule has 1 N–H and O–H groups in total. The predicted octanol–water partition coefficient (Wildman–Crippen LogP) is 3.86. The number of carbonyl (C=O) groups is 1. The number of nitrogens with one attached hydrogen (secondary N) is 1. The molecule has 0 spiro atoms. The van der Waals surface area contributed by atoms with E-state index < -0.39 is 0 Å². The van der Waals surface area contributed by atoms with Crippen LogP contribution in [0.3, 0.4) is 0 Å². The summed E-state index contributed by atoms with van der Waals surface area (Å²) < 4.78 is 0. The zero-order valence-electron chi connectivity index (χ0n) is 14.6. The number of anilines is 2. The Bertz CT molecular complexity index is 608. The lowest BCUT2D eigenvalue weighted by Gasteiger charge is -2.16. The topological polar surface area (TPSA) is 45.2 Å². The second kappa shape index (κ2) is 5.99. The van der Waals surface area contributed by atoms with Crippen LogP contribution in [0.15, 0.2) is 30.0 Å². The van der Waals surface area contributed by atoms with Gasteiger partial charge in [-0.1, -0.05) is 25.5 Å². The maximum absolute atomic E-state index is 12.5. The van der Waals surface area contributed by atoms with Crippen LogP contribution in [0.5, 0.6) is 0 Å². The van der Waals surface area contributed by atoms with Gasteiger partial charge in [0, 0.05) is 13.1 Å². The average molecular weight is 313 g/mol. The second-order valence-corrected chi connectivity index (χ2v) is 7.66. The molecular weight excluding hydrogens is 286 g/mol. The van der Waals surface area contributed by atoms with Crippen molar-refractivity contribution in [1.29, 1.82) is 0 Å². The molecule has 124 valence electrons. The van der Waals surface area contributed by atoms with Gasteiger partial charge in [0.15, 0.2) is 0 Å². The quantitative estimate of drug-likeness (QED) is 0.859. The van der Waals surface area contributed by atoms with E-state index in [2.05, 4.69) is 49.0 Å². The van der Waals surface area contributed by atoms with E-state index >= 15 is 0 Å². The highest BCUT2D eigenvalue weighted by Crippen LogP contribution is 2.59. The van der Waals surface area contributed by atoms with Crippen molar-refractivity contribution in [2.45, 2.75) is 40.5 Å². The Morgan fingerprint density at radius 2 is 2.00 bits per heavy atom. The highest BCUT2D eigenvalue weighted by molar-refractivity contribution is 5.95. The van der Waals surface area contributed by atoms with Gasteiger partial charge in [0.05, 0.1) is 17.8 Å². The first-order valence-corrected chi connectivity index (χ1v) is 8.56. The maximum atomic E-state index is 12.5. The fraction of sp³-hybridized carbons (Fsp3) is 0.579. The zero-order valence-corrected chi connectivity index (χ0v) is 14.6. The number of allylic oxidation sites excluding steroid dienone is 2. The zero-order chi connectivity index (χ0) is 16.6. The first-order valence-electron chi connectivity index (χ1n) is 8.56. The fourth-order valence-electron chi connectivity index (χ4n) is 3.66. The summed E-state index contributed by atoms with van der Waals surface area (Å²) in [6.07, 6.45) is 6.47. The van der Waals surface area contributed by atoms with E-state index in [1.54, 1.807) is 6.20 Å². The number of amides is 1. The van der Waals surface area contributed by atoms with Crippen LogP contribution in [0.2, 0.25) is 0 Å². The minimum atomic E-state index is 0.0459. The molecule has 1 aliphatic carbocycles. The molecule has 1 aliphatic heterocycles. The Balaban J connectivity index is 1.63. The van der Waals surface area contributed by atoms with Crippen molar-refractivity contribution in [3.05, 3.63) is 30.0 Å². The van der Waals surface area contributed by atoms with Gasteiger partial charge in [0.25, 0.3) is 0 Å². The number of carbonyl (C=O) groups excluding carboxylic acids is 1. The third-order valence-corrected chi connectivity index (χ3v) is 5.15. The lowest BCUT2D eigenvalue weighted by molar-refractivity contribution is -0.118. The van der Waals surface area contributed by atoms with Crippen LogP contribution < -0.4 is 10.2 Å². The van der Waals surface area contributed by atoms with Crippen LogP contribution in [0, 0.1) is 17.3 Å². The minimum absolute atomic E-state index is 0.0459. The van der Waals surface area contributed by atoms with E-state index in [9.17, 15) is 4.79 Å². The Morgan fingerprint density at radius 1 is 1.30 bits per heavy atom. The molecule has 3 rings (SSSR count).